The first-order valence-corrected chi connectivity index (χ1v) is 4.27. The van der Waals surface area contributed by atoms with Crippen LogP contribution in [0.2, 0.25) is 0 Å². The van der Waals surface area contributed by atoms with Crippen molar-refractivity contribution in [2.24, 2.45) is 5.73 Å². The van der Waals surface area contributed by atoms with Gasteiger partial charge in [-0.25, -0.2) is 0 Å². The summed E-state index contributed by atoms with van der Waals surface area (Å²) in [6.45, 7) is 5.38. The molecule has 2 amide bonds. The molecule has 0 spiro atoms. The molecule has 0 heterocycles. The molecule has 0 aromatic rings. The number of hydrogen-bond acceptors (Lipinski definition) is 4. The number of nitrogens with one attached hydrogen (secondary N) is 2. The predicted octanol–water partition coefficient (Wildman–Crippen LogP) is -1.09. The average Bonchev–Trinajstić information content (AvgIpc) is 1.98. The van der Waals surface area contributed by atoms with E-state index in [1.807, 2.05) is 20.8 Å². The molecular formula is C8H17N3O3. The van der Waals surface area contributed by atoms with Crippen molar-refractivity contribution in [1.82, 2.24) is 10.8 Å². The second-order valence-corrected chi connectivity index (χ2v) is 3.78. The summed E-state index contributed by atoms with van der Waals surface area (Å²) in [5.41, 5.74) is 6.96. The SMILES string of the molecule is CC(C)(C)ONCC(=O)NCC(N)=O. The van der Waals surface area contributed by atoms with Gasteiger partial charge in [-0.3, -0.25) is 14.4 Å². The number of carbonyl (C=O) groups is 2. The highest BCUT2D eigenvalue weighted by molar-refractivity contribution is 5.84. The van der Waals surface area contributed by atoms with Crippen LogP contribution < -0.4 is 16.5 Å². The van der Waals surface area contributed by atoms with E-state index in [0.29, 0.717) is 0 Å². The van der Waals surface area contributed by atoms with Gasteiger partial charge in [0.05, 0.1) is 18.7 Å². The van der Waals surface area contributed by atoms with Gasteiger partial charge < -0.3 is 11.1 Å². The van der Waals surface area contributed by atoms with Crippen LogP contribution in [0.4, 0.5) is 0 Å². The fraction of sp³-hybridized carbons (Fsp3) is 0.750. The Morgan fingerprint density at radius 3 is 2.29 bits per heavy atom. The van der Waals surface area contributed by atoms with E-state index in [1.54, 1.807) is 0 Å². The van der Waals surface area contributed by atoms with E-state index in [9.17, 15) is 9.59 Å². The van der Waals surface area contributed by atoms with Crippen LogP contribution in [0.15, 0.2) is 0 Å². The third-order valence-electron chi connectivity index (χ3n) is 1.07. The summed E-state index contributed by atoms with van der Waals surface area (Å²) < 4.78 is 0. The van der Waals surface area contributed by atoms with Crippen LogP contribution in [0, 0.1) is 0 Å². The minimum Gasteiger partial charge on any atom is -0.368 e. The minimum absolute atomic E-state index is 0.00937. The third kappa shape index (κ3) is 8.95. The zero-order chi connectivity index (χ0) is 11.2. The van der Waals surface area contributed by atoms with E-state index in [4.69, 9.17) is 10.6 Å². The molecule has 6 heteroatoms. The zero-order valence-corrected chi connectivity index (χ0v) is 8.72. The fourth-order valence-electron chi connectivity index (χ4n) is 0.566. The van der Waals surface area contributed by atoms with Crippen molar-refractivity contribution in [1.29, 1.82) is 0 Å². The Morgan fingerprint density at radius 1 is 1.29 bits per heavy atom. The molecule has 0 radical (unpaired) electrons. The largest absolute Gasteiger partial charge is 0.368 e. The van der Waals surface area contributed by atoms with E-state index >= 15 is 0 Å². The average molecular weight is 203 g/mol. The molecule has 4 N–H and O–H groups in total. The van der Waals surface area contributed by atoms with Gasteiger partial charge in [-0.2, -0.15) is 5.48 Å². The maximum absolute atomic E-state index is 11.0. The summed E-state index contributed by atoms with van der Waals surface area (Å²) in [5, 5.41) is 2.31. The number of carbonyl (C=O) groups excluding carboxylic acids is 2. The van der Waals surface area contributed by atoms with Gasteiger partial charge in [0.25, 0.3) is 0 Å². The lowest BCUT2D eigenvalue weighted by Crippen LogP contribution is -2.40. The molecule has 0 aliphatic rings. The van der Waals surface area contributed by atoms with Crippen LogP contribution in [0.5, 0.6) is 0 Å². The highest BCUT2D eigenvalue weighted by Gasteiger charge is 2.11. The van der Waals surface area contributed by atoms with Crippen LogP contribution in [0.25, 0.3) is 0 Å². The molecule has 0 aliphatic heterocycles. The number of hydroxylamine groups is 1. The molecule has 82 valence electrons. The Labute approximate surface area is 83.1 Å². The van der Waals surface area contributed by atoms with E-state index in [2.05, 4.69) is 10.8 Å². The minimum atomic E-state index is -0.574. The van der Waals surface area contributed by atoms with Crippen molar-refractivity contribution < 1.29 is 14.4 Å². The third-order valence-corrected chi connectivity index (χ3v) is 1.07. The van der Waals surface area contributed by atoms with E-state index in [0.717, 1.165) is 0 Å². The van der Waals surface area contributed by atoms with Crippen molar-refractivity contribution in [2.45, 2.75) is 26.4 Å². The van der Waals surface area contributed by atoms with Crippen LogP contribution in [-0.4, -0.2) is 30.5 Å². The van der Waals surface area contributed by atoms with Crippen molar-refractivity contribution in [3.63, 3.8) is 0 Å². The van der Waals surface area contributed by atoms with E-state index < -0.39 is 5.91 Å². The Kier molecular flexibility index (Phi) is 5.11. The highest BCUT2D eigenvalue weighted by Crippen LogP contribution is 2.02. The van der Waals surface area contributed by atoms with Gasteiger partial charge >= 0.3 is 0 Å². The topological polar surface area (TPSA) is 93.4 Å². The summed E-state index contributed by atoms with van der Waals surface area (Å²) in [4.78, 5) is 26.3. The van der Waals surface area contributed by atoms with Crippen LogP contribution in [0.3, 0.4) is 0 Å². The molecule has 14 heavy (non-hydrogen) atoms. The first-order chi connectivity index (χ1) is 6.31. The van der Waals surface area contributed by atoms with E-state index in [-0.39, 0.29) is 24.6 Å². The molecule has 0 rings (SSSR count). The molecule has 0 fully saturated rings. The van der Waals surface area contributed by atoms with Crippen LogP contribution in [0.1, 0.15) is 20.8 Å². The summed E-state index contributed by atoms with van der Waals surface area (Å²) >= 11 is 0. The van der Waals surface area contributed by atoms with Crippen molar-refractivity contribution in [3.05, 3.63) is 0 Å². The lowest BCUT2D eigenvalue weighted by Gasteiger charge is -2.18. The lowest BCUT2D eigenvalue weighted by molar-refractivity contribution is -0.129. The highest BCUT2D eigenvalue weighted by atomic mass is 16.7. The quantitative estimate of drug-likeness (QED) is 0.495. The van der Waals surface area contributed by atoms with Gasteiger partial charge in [0, 0.05) is 0 Å². The van der Waals surface area contributed by atoms with Gasteiger partial charge in [-0.1, -0.05) is 0 Å². The number of primary amides is 1. The predicted molar refractivity (Wildman–Crippen MR) is 51.0 cm³/mol. The Hall–Kier alpha value is -1.14. The van der Waals surface area contributed by atoms with Crippen LogP contribution >= 0.6 is 0 Å². The van der Waals surface area contributed by atoms with Gasteiger partial charge in [-0.05, 0) is 20.8 Å². The van der Waals surface area contributed by atoms with Crippen LogP contribution in [-0.2, 0) is 14.4 Å². The normalized spacial score (nSPS) is 11.1. The number of rotatable bonds is 5. The first kappa shape index (κ1) is 12.9. The van der Waals surface area contributed by atoms with Gasteiger partial charge in [0.15, 0.2) is 0 Å². The molecule has 0 saturated carbocycles. The lowest BCUT2D eigenvalue weighted by atomic mass is 10.2. The molecular weight excluding hydrogens is 186 g/mol. The van der Waals surface area contributed by atoms with Crippen molar-refractivity contribution >= 4 is 11.8 Å². The zero-order valence-electron chi connectivity index (χ0n) is 8.72. The van der Waals surface area contributed by atoms with Crippen molar-refractivity contribution in [2.75, 3.05) is 13.1 Å². The monoisotopic (exact) mass is 203 g/mol. The molecule has 0 aliphatic carbocycles. The van der Waals surface area contributed by atoms with E-state index in [1.165, 1.54) is 0 Å². The standard InChI is InChI=1S/C8H17N3O3/c1-8(2,3)14-11-5-7(13)10-4-6(9)12/h11H,4-5H2,1-3H3,(H2,9,12)(H,10,13). The second-order valence-electron chi connectivity index (χ2n) is 3.78. The molecule has 0 bridgehead atoms. The van der Waals surface area contributed by atoms with Gasteiger partial charge in [0.1, 0.15) is 0 Å². The number of nitrogens with two attached hydrogens (primary N) is 1. The van der Waals surface area contributed by atoms with Crippen molar-refractivity contribution in [3.8, 4) is 0 Å². The Morgan fingerprint density at radius 2 is 1.86 bits per heavy atom. The molecule has 0 unspecified atom stereocenters. The first-order valence-electron chi connectivity index (χ1n) is 4.27. The summed E-state index contributed by atoms with van der Waals surface area (Å²) in [6.07, 6.45) is 0. The summed E-state index contributed by atoms with van der Waals surface area (Å²) in [7, 11) is 0. The fourth-order valence-corrected chi connectivity index (χ4v) is 0.566. The molecule has 0 aromatic heterocycles. The summed E-state index contributed by atoms with van der Waals surface area (Å²) in [6, 6.07) is 0. The maximum Gasteiger partial charge on any atom is 0.236 e. The molecule has 0 atom stereocenters. The van der Waals surface area contributed by atoms with Gasteiger partial charge in [0.2, 0.25) is 11.8 Å². The smallest absolute Gasteiger partial charge is 0.236 e. The summed E-state index contributed by atoms with van der Waals surface area (Å²) in [5.74, 6) is -0.914. The maximum atomic E-state index is 11.0. The molecule has 0 saturated heterocycles. The number of amides is 2. The molecule has 6 nitrogen and oxygen atoms in total. The Balaban J connectivity index is 3.50. The second kappa shape index (κ2) is 5.56. The molecule has 0 aromatic carbocycles. The number of hydrogen-bond donors (Lipinski definition) is 3. The van der Waals surface area contributed by atoms with Gasteiger partial charge in [-0.15, -0.1) is 0 Å². The Bertz CT molecular complexity index is 210.